The highest BCUT2D eigenvalue weighted by Gasteiger charge is 2.24. The zero-order valence-corrected chi connectivity index (χ0v) is 8.81. The molecule has 0 heterocycles. The summed E-state index contributed by atoms with van der Waals surface area (Å²) >= 11 is 1.64. The lowest BCUT2D eigenvalue weighted by atomic mass is 10.3. The molecule has 0 radical (unpaired) electrons. The molecule has 2 unspecified atom stereocenters. The topological polar surface area (TPSA) is 52.3 Å². The molecule has 1 fully saturated rings. The molecular formula is C9H17NO2S. The third-order valence-electron chi connectivity index (χ3n) is 2.22. The molecule has 1 saturated carbocycles. The molecule has 2 atom stereocenters. The number of carbonyl (C=O) groups excluding carboxylic acids is 1. The first kappa shape index (κ1) is 10.9. The second-order valence-electron chi connectivity index (χ2n) is 3.25. The summed E-state index contributed by atoms with van der Waals surface area (Å²) < 4.78 is 4.84. The van der Waals surface area contributed by atoms with Gasteiger partial charge in [-0.3, -0.25) is 4.79 Å². The SMILES string of the molecule is CCOC(=O)CSC1CCCC1N. The van der Waals surface area contributed by atoms with E-state index in [2.05, 4.69) is 0 Å². The van der Waals surface area contributed by atoms with E-state index in [9.17, 15) is 4.79 Å². The van der Waals surface area contributed by atoms with Crippen molar-refractivity contribution in [2.45, 2.75) is 37.5 Å². The highest BCUT2D eigenvalue weighted by atomic mass is 32.2. The van der Waals surface area contributed by atoms with E-state index < -0.39 is 0 Å². The maximum Gasteiger partial charge on any atom is 0.315 e. The Balaban J connectivity index is 2.14. The molecule has 76 valence electrons. The molecule has 0 amide bonds. The van der Waals surface area contributed by atoms with Crippen LogP contribution in [0.2, 0.25) is 0 Å². The van der Waals surface area contributed by atoms with Crippen molar-refractivity contribution >= 4 is 17.7 Å². The Kier molecular flexibility index (Phi) is 4.59. The van der Waals surface area contributed by atoms with Gasteiger partial charge in [-0.2, -0.15) is 0 Å². The Morgan fingerprint density at radius 3 is 2.92 bits per heavy atom. The number of rotatable bonds is 4. The van der Waals surface area contributed by atoms with Crippen LogP contribution in [0.5, 0.6) is 0 Å². The monoisotopic (exact) mass is 203 g/mol. The Hall–Kier alpha value is -0.220. The first-order valence-electron chi connectivity index (χ1n) is 4.77. The number of ether oxygens (including phenoxy) is 1. The predicted molar refractivity (Wildman–Crippen MR) is 54.7 cm³/mol. The van der Waals surface area contributed by atoms with Gasteiger partial charge >= 0.3 is 5.97 Å². The van der Waals surface area contributed by atoms with Crippen LogP contribution in [0.1, 0.15) is 26.2 Å². The van der Waals surface area contributed by atoms with Gasteiger partial charge in [-0.05, 0) is 19.8 Å². The third kappa shape index (κ3) is 3.56. The summed E-state index contributed by atoms with van der Waals surface area (Å²) in [5.41, 5.74) is 5.87. The maximum absolute atomic E-state index is 11.0. The number of nitrogens with two attached hydrogens (primary N) is 1. The van der Waals surface area contributed by atoms with Crippen molar-refractivity contribution in [1.82, 2.24) is 0 Å². The van der Waals surface area contributed by atoms with Crippen molar-refractivity contribution in [3.8, 4) is 0 Å². The Bertz CT molecular complexity index is 175. The third-order valence-corrected chi connectivity index (χ3v) is 3.64. The summed E-state index contributed by atoms with van der Waals surface area (Å²) in [6, 6.07) is 0.277. The molecule has 1 rings (SSSR count). The van der Waals surface area contributed by atoms with E-state index >= 15 is 0 Å². The van der Waals surface area contributed by atoms with Crippen LogP contribution >= 0.6 is 11.8 Å². The number of thioether (sulfide) groups is 1. The van der Waals surface area contributed by atoms with Crippen molar-refractivity contribution in [1.29, 1.82) is 0 Å². The van der Waals surface area contributed by atoms with Crippen molar-refractivity contribution in [2.75, 3.05) is 12.4 Å². The summed E-state index contributed by atoms with van der Waals surface area (Å²) in [5.74, 6) is 0.332. The van der Waals surface area contributed by atoms with E-state index in [0.29, 0.717) is 17.6 Å². The molecule has 0 aliphatic heterocycles. The summed E-state index contributed by atoms with van der Waals surface area (Å²) in [5, 5.41) is 0.462. The van der Waals surface area contributed by atoms with E-state index in [4.69, 9.17) is 10.5 Å². The lowest BCUT2D eigenvalue weighted by Crippen LogP contribution is -2.27. The number of hydrogen-bond donors (Lipinski definition) is 1. The highest BCUT2D eigenvalue weighted by molar-refractivity contribution is 8.00. The molecule has 2 N–H and O–H groups in total. The van der Waals surface area contributed by atoms with E-state index in [1.165, 1.54) is 6.42 Å². The standard InChI is InChI=1S/C9H17NO2S/c1-2-12-9(11)6-13-8-5-3-4-7(8)10/h7-8H,2-6,10H2,1H3. The van der Waals surface area contributed by atoms with Crippen molar-refractivity contribution < 1.29 is 9.53 Å². The molecule has 0 aromatic carbocycles. The van der Waals surface area contributed by atoms with Crippen molar-refractivity contribution in [3.63, 3.8) is 0 Å². The summed E-state index contributed by atoms with van der Waals surface area (Å²) in [6.07, 6.45) is 3.44. The summed E-state index contributed by atoms with van der Waals surface area (Å²) in [6.45, 7) is 2.29. The molecule has 0 aromatic rings. The van der Waals surface area contributed by atoms with Crippen LogP contribution in [0, 0.1) is 0 Å². The molecule has 0 bridgehead atoms. The normalized spacial score (nSPS) is 27.5. The van der Waals surface area contributed by atoms with Gasteiger partial charge in [0.1, 0.15) is 0 Å². The van der Waals surface area contributed by atoms with Crippen LogP contribution in [0.25, 0.3) is 0 Å². The van der Waals surface area contributed by atoms with Crippen LogP contribution in [0.15, 0.2) is 0 Å². The van der Waals surface area contributed by atoms with Crippen LogP contribution in [-0.4, -0.2) is 29.6 Å². The van der Waals surface area contributed by atoms with E-state index in [1.807, 2.05) is 6.92 Å². The van der Waals surface area contributed by atoms with E-state index in [-0.39, 0.29) is 12.0 Å². The largest absolute Gasteiger partial charge is 0.465 e. The summed E-state index contributed by atoms with van der Waals surface area (Å²) in [4.78, 5) is 11.0. The van der Waals surface area contributed by atoms with Crippen LogP contribution in [-0.2, 0) is 9.53 Å². The average Bonchev–Trinajstić information content (AvgIpc) is 2.48. The predicted octanol–water partition coefficient (Wildman–Crippen LogP) is 1.16. The highest BCUT2D eigenvalue weighted by Crippen LogP contribution is 2.28. The number of esters is 1. The van der Waals surface area contributed by atoms with E-state index in [0.717, 1.165) is 12.8 Å². The summed E-state index contributed by atoms with van der Waals surface area (Å²) in [7, 11) is 0. The molecule has 0 spiro atoms. The van der Waals surface area contributed by atoms with Gasteiger partial charge in [0.25, 0.3) is 0 Å². The molecule has 13 heavy (non-hydrogen) atoms. The Morgan fingerprint density at radius 1 is 1.62 bits per heavy atom. The molecule has 1 aliphatic rings. The second-order valence-corrected chi connectivity index (χ2v) is 4.48. The van der Waals surface area contributed by atoms with E-state index in [1.54, 1.807) is 11.8 Å². The zero-order chi connectivity index (χ0) is 9.68. The fourth-order valence-corrected chi connectivity index (χ4v) is 2.69. The Labute approximate surface area is 83.4 Å². The van der Waals surface area contributed by atoms with Gasteiger partial charge in [0.15, 0.2) is 0 Å². The molecule has 1 aliphatic carbocycles. The average molecular weight is 203 g/mol. The first-order chi connectivity index (χ1) is 6.24. The lowest BCUT2D eigenvalue weighted by molar-refractivity contribution is -0.139. The van der Waals surface area contributed by atoms with Crippen molar-refractivity contribution in [2.24, 2.45) is 5.73 Å². The molecule has 4 heteroatoms. The smallest absolute Gasteiger partial charge is 0.315 e. The minimum atomic E-state index is -0.119. The minimum Gasteiger partial charge on any atom is -0.465 e. The fraction of sp³-hybridized carbons (Fsp3) is 0.889. The molecular weight excluding hydrogens is 186 g/mol. The quantitative estimate of drug-likeness (QED) is 0.697. The number of carbonyl (C=O) groups is 1. The fourth-order valence-electron chi connectivity index (χ4n) is 1.54. The van der Waals surface area contributed by atoms with Gasteiger partial charge in [-0.1, -0.05) is 6.42 Å². The molecule has 0 saturated heterocycles. The van der Waals surface area contributed by atoms with Gasteiger partial charge in [-0.25, -0.2) is 0 Å². The Morgan fingerprint density at radius 2 is 2.38 bits per heavy atom. The minimum absolute atomic E-state index is 0.119. The molecule has 0 aromatic heterocycles. The first-order valence-corrected chi connectivity index (χ1v) is 5.81. The molecule has 3 nitrogen and oxygen atoms in total. The van der Waals surface area contributed by atoms with Gasteiger partial charge < -0.3 is 10.5 Å². The maximum atomic E-state index is 11.0. The zero-order valence-electron chi connectivity index (χ0n) is 7.99. The van der Waals surface area contributed by atoms with Crippen LogP contribution in [0.4, 0.5) is 0 Å². The van der Waals surface area contributed by atoms with Gasteiger partial charge in [-0.15, -0.1) is 11.8 Å². The van der Waals surface area contributed by atoms with Crippen LogP contribution < -0.4 is 5.73 Å². The van der Waals surface area contributed by atoms with Gasteiger partial charge in [0.2, 0.25) is 0 Å². The lowest BCUT2D eigenvalue weighted by Gasteiger charge is -2.13. The van der Waals surface area contributed by atoms with Gasteiger partial charge in [0.05, 0.1) is 12.4 Å². The van der Waals surface area contributed by atoms with Crippen molar-refractivity contribution in [3.05, 3.63) is 0 Å². The number of hydrogen-bond acceptors (Lipinski definition) is 4. The van der Waals surface area contributed by atoms with Gasteiger partial charge in [0, 0.05) is 11.3 Å². The van der Waals surface area contributed by atoms with Crippen LogP contribution in [0.3, 0.4) is 0 Å². The second kappa shape index (κ2) is 5.50.